The van der Waals surface area contributed by atoms with Crippen LogP contribution in [0.15, 0.2) is 41.8 Å². The third kappa shape index (κ3) is 2.96. The SMILES string of the molecule is C[C@]1(c2cc(Nc3ncnc4cc(C#N)cnc34)ccc2F)N=C(N)S[C@@]2(CO)[C@@H]1C2(F)F. The molecule has 2 aromatic heterocycles. The van der Waals surface area contributed by atoms with Crippen molar-refractivity contribution in [3.05, 3.63) is 53.7 Å². The number of rotatable bonds is 4. The number of amidine groups is 1. The molecule has 0 saturated heterocycles. The third-order valence-electron chi connectivity index (χ3n) is 6.11. The van der Waals surface area contributed by atoms with E-state index in [1.807, 2.05) is 6.07 Å². The van der Waals surface area contributed by atoms with Crippen molar-refractivity contribution in [2.45, 2.75) is 23.1 Å². The molecule has 1 saturated carbocycles. The summed E-state index contributed by atoms with van der Waals surface area (Å²) in [5.74, 6) is -5.16. The summed E-state index contributed by atoms with van der Waals surface area (Å²) in [7, 11) is 0. The number of fused-ring (bicyclic) bond motifs is 2. The summed E-state index contributed by atoms with van der Waals surface area (Å²) in [4.78, 5) is 16.7. The number of nitriles is 1. The van der Waals surface area contributed by atoms with E-state index in [0.29, 0.717) is 34.0 Å². The Morgan fingerprint density at radius 1 is 1.27 bits per heavy atom. The summed E-state index contributed by atoms with van der Waals surface area (Å²) < 4.78 is 42.8. The van der Waals surface area contributed by atoms with E-state index in [0.717, 1.165) is 6.07 Å². The van der Waals surface area contributed by atoms with E-state index in [1.54, 1.807) is 6.07 Å². The fourth-order valence-corrected chi connectivity index (χ4v) is 5.90. The first-order valence-electron chi connectivity index (χ1n) is 9.77. The highest BCUT2D eigenvalue weighted by Gasteiger charge is 2.87. The lowest BCUT2D eigenvalue weighted by Gasteiger charge is -2.32. The number of nitrogens with zero attached hydrogens (tertiary/aromatic N) is 5. The summed E-state index contributed by atoms with van der Waals surface area (Å²) in [6, 6.07) is 7.47. The Bertz CT molecular complexity index is 1380. The minimum Gasteiger partial charge on any atom is -0.395 e. The van der Waals surface area contributed by atoms with Gasteiger partial charge in [0.1, 0.15) is 28.5 Å². The van der Waals surface area contributed by atoms with E-state index in [1.165, 1.54) is 31.6 Å². The second-order valence-electron chi connectivity index (χ2n) is 8.05. The molecule has 4 N–H and O–H groups in total. The normalized spacial score (nSPS) is 27.4. The smallest absolute Gasteiger partial charge is 0.272 e. The minimum atomic E-state index is -3.28. The fraction of sp³-hybridized carbons (Fsp3) is 0.286. The zero-order valence-corrected chi connectivity index (χ0v) is 17.9. The van der Waals surface area contributed by atoms with Crippen LogP contribution in [-0.2, 0) is 5.54 Å². The van der Waals surface area contributed by atoms with Gasteiger partial charge >= 0.3 is 0 Å². The highest BCUT2D eigenvalue weighted by atomic mass is 32.2. The Morgan fingerprint density at radius 3 is 2.79 bits per heavy atom. The van der Waals surface area contributed by atoms with Gasteiger partial charge in [0.15, 0.2) is 11.0 Å². The molecule has 0 radical (unpaired) electrons. The van der Waals surface area contributed by atoms with Gasteiger partial charge in [-0.2, -0.15) is 5.26 Å². The molecule has 3 heterocycles. The van der Waals surface area contributed by atoms with Crippen molar-refractivity contribution >= 4 is 39.5 Å². The number of hydrogen-bond donors (Lipinski definition) is 3. The van der Waals surface area contributed by atoms with E-state index in [2.05, 4.69) is 25.3 Å². The Hall–Kier alpha value is -3.43. The first-order chi connectivity index (χ1) is 15.7. The van der Waals surface area contributed by atoms with Gasteiger partial charge in [0.25, 0.3) is 5.92 Å². The van der Waals surface area contributed by atoms with E-state index in [4.69, 9.17) is 11.0 Å². The number of anilines is 2. The maximum absolute atomic E-state index is 15.0. The molecule has 3 aromatic rings. The number of nitrogens with one attached hydrogen (secondary N) is 1. The zero-order chi connectivity index (χ0) is 23.6. The number of pyridine rings is 1. The lowest BCUT2D eigenvalue weighted by atomic mass is 9.85. The van der Waals surface area contributed by atoms with Crippen molar-refractivity contribution in [3.8, 4) is 6.07 Å². The number of aliphatic hydroxyl groups excluding tert-OH is 1. The first kappa shape index (κ1) is 21.4. The van der Waals surface area contributed by atoms with Crippen LogP contribution in [-0.4, -0.2) is 42.5 Å². The molecule has 2 aliphatic rings. The van der Waals surface area contributed by atoms with Gasteiger partial charge in [0.05, 0.1) is 29.1 Å². The Kier molecular flexibility index (Phi) is 4.56. The molecule has 3 atom stereocenters. The van der Waals surface area contributed by atoms with E-state index in [9.17, 15) is 18.3 Å². The first-order valence-corrected chi connectivity index (χ1v) is 10.6. The molecule has 1 aromatic carbocycles. The van der Waals surface area contributed by atoms with Crippen LogP contribution in [0.2, 0.25) is 0 Å². The molecule has 0 unspecified atom stereocenters. The molecular weight excluding hydrogens is 455 g/mol. The van der Waals surface area contributed by atoms with E-state index in [-0.39, 0.29) is 16.5 Å². The number of thioether (sulfide) groups is 1. The molecule has 0 bridgehead atoms. The number of halogens is 3. The van der Waals surface area contributed by atoms with E-state index < -0.39 is 34.6 Å². The summed E-state index contributed by atoms with van der Waals surface area (Å²) in [6.45, 7) is 0.576. The second-order valence-corrected chi connectivity index (χ2v) is 9.40. The zero-order valence-electron chi connectivity index (χ0n) is 17.1. The largest absolute Gasteiger partial charge is 0.395 e. The molecule has 0 amide bonds. The molecule has 1 fully saturated rings. The van der Waals surface area contributed by atoms with Crippen LogP contribution in [0.1, 0.15) is 18.1 Å². The van der Waals surface area contributed by atoms with Gasteiger partial charge in [-0.3, -0.25) is 4.99 Å². The Labute approximate surface area is 189 Å². The predicted molar refractivity (Wildman–Crippen MR) is 117 cm³/mol. The van der Waals surface area contributed by atoms with Crippen LogP contribution in [0.4, 0.5) is 24.7 Å². The van der Waals surface area contributed by atoms with Gasteiger partial charge in [0, 0.05) is 17.4 Å². The van der Waals surface area contributed by atoms with Crippen LogP contribution in [0.5, 0.6) is 0 Å². The van der Waals surface area contributed by atoms with Gasteiger partial charge in [0.2, 0.25) is 0 Å². The number of aromatic nitrogens is 3. The van der Waals surface area contributed by atoms with Gasteiger partial charge < -0.3 is 16.2 Å². The van der Waals surface area contributed by atoms with Crippen LogP contribution >= 0.6 is 11.8 Å². The van der Waals surface area contributed by atoms with Gasteiger partial charge in [-0.05, 0) is 31.2 Å². The van der Waals surface area contributed by atoms with Gasteiger partial charge in [-0.15, -0.1) is 0 Å². The summed E-state index contributed by atoms with van der Waals surface area (Å²) in [6.07, 6.45) is 2.65. The highest BCUT2D eigenvalue weighted by Crippen LogP contribution is 2.74. The summed E-state index contributed by atoms with van der Waals surface area (Å²) in [5, 5.41) is 21.6. The highest BCUT2D eigenvalue weighted by molar-refractivity contribution is 8.15. The number of aliphatic imine (C=N–C) groups is 1. The molecule has 12 heteroatoms. The maximum atomic E-state index is 15.0. The molecule has 8 nitrogen and oxygen atoms in total. The number of hydrogen-bond acceptors (Lipinski definition) is 9. The van der Waals surface area contributed by atoms with Gasteiger partial charge in [-0.25, -0.2) is 28.1 Å². The molecule has 1 aliphatic carbocycles. The van der Waals surface area contributed by atoms with Crippen LogP contribution in [0, 0.1) is 23.1 Å². The number of alkyl halides is 2. The molecule has 168 valence electrons. The Morgan fingerprint density at radius 2 is 2.06 bits per heavy atom. The lowest BCUT2D eigenvalue weighted by Crippen LogP contribution is -2.37. The van der Waals surface area contributed by atoms with Crippen molar-refractivity contribution in [3.63, 3.8) is 0 Å². The van der Waals surface area contributed by atoms with Crippen molar-refractivity contribution < 1.29 is 18.3 Å². The van der Waals surface area contributed by atoms with Crippen LogP contribution < -0.4 is 11.1 Å². The Balaban J connectivity index is 1.57. The number of aliphatic hydroxyl groups is 1. The molecule has 33 heavy (non-hydrogen) atoms. The molecular formula is C21H16F3N7OS. The molecule has 1 aliphatic heterocycles. The minimum absolute atomic E-state index is 0.0890. The van der Waals surface area contributed by atoms with Crippen LogP contribution in [0.25, 0.3) is 11.0 Å². The molecule has 5 rings (SSSR count). The fourth-order valence-electron chi connectivity index (χ4n) is 4.54. The van der Waals surface area contributed by atoms with Crippen molar-refractivity contribution in [1.82, 2.24) is 15.0 Å². The topological polar surface area (TPSA) is 133 Å². The predicted octanol–water partition coefficient (Wildman–Crippen LogP) is 3.05. The summed E-state index contributed by atoms with van der Waals surface area (Å²) >= 11 is 0.625. The van der Waals surface area contributed by atoms with Crippen molar-refractivity contribution in [2.24, 2.45) is 16.6 Å². The number of nitrogens with two attached hydrogens (primary N) is 1. The average Bonchev–Trinajstić information content (AvgIpc) is 3.30. The number of benzene rings is 1. The average molecular weight is 471 g/mol. The quantitative estimate of drug-likeness (QED) is 0.529. The van der Waals surface area contributed by atoms with Crippen LogP contribution in [0.3, 0.4) is 0 Å². The lowest BCUT2D eigenvalue weighted by molar-refractivity contribution is 0.0685. The standard InChI is InChI=1S/C21H16F3N7OS/c1-19(17-20(8-32,21(17,23)24)33-18(26)31-19)12-5-11(2-3-13(12)22)30-16-15-14(28-9-29-16)4-10(6-25)7-27-15/h2-5,7,9,17,32H,8H2,1H3,(H2,26,31)(H,28,29,30)/t17-,19-,20+/m1/s1. The summed E-state index contributed by atoms with van der Waals surface area (Å²) in [5.41, 5.74) is 5.51. The van der Waals surface area contributed by atoms with Gasteiger partial charge in [-0.1, -0.05) is 11.8 Å². The van der Waals surface area contributed by atoms with E-state index >= 15 is 0 Å². The monoisotopic (exact) mass is 471 g/mol. The second kappa shape index (κ2) is 7.03. The third-order valence-corrected chi connectivity index (χ3v) is 7.42. The van der Waals surface area contributed by atoms with Crippen molar-refractivity contribution in [2.75, 3.05) is 11.9 Å². The maximum Gasteiger partial charge on any atom is 0.272 e. The molecule has 0 spiro atoms. The van der Waals surface area contributed by atoms with Crippen molar-refractivity contribution in [1.29, 1.82) is 5.26 Å².